The average molecular weight is 363 g/mol. The van der Waals surface area contributed by atoms with Gasteiger partial charge in [-0.2, -0.15) is 0 Å². The summed E-state index contributed by atoms with van der Waals surface area (Å²) in [6.07, 6.45) is 0. The Morgan fingerprint density at radius 2 is 1.80 bits per heavy atom. The van der Waals surface area contributed by atoms with Crippen molar-refractivity contribution in [1.82, 2.24) is 0 Å². The molecule has 0 fully saturated rings. The second-order valence-electron chi connectivity index (χ2n) is 5.42. The predicted octanol–water partition coefficient (Wildman–Crippen LogP) is 1.89. The van der Waals surface area contributed by atoms with Crippen LogP contribution in [0.5, 0.6) is 0 Å². The Bertz CT molecular complexity index is 941. The van der Waals surface area contributed by atoms with Crippen molar-refractivity contribution in [2.45, 2.75) is 18.7 Å². The van der Waals surface area contributed by atoms with E-state index in [1.807, 2.05) is 0 Å². The van der Waals surface area contributed by atoms with Gasteiger partial charge in [0.1, 0.15) is 6.54 Å². The minimum Gasteiger partial charge on any atom is -0.368 e. The van der Waals surface area contributed by atoms with Gasteiger partial charge in [-0.1, -0.05) is 24.3 Å². The van der Waals surface area contributed by atoms with Crippen molar-refractivity contribution < 1.29 is 18.1 Å². The van der Waals surface area contributed by atoms with Gasteiger partial charge in [0.2, 0.25) is 5.91 Å². The molecule has 0 spiro atoms. The second-order valence-corrected chi connectivity index (χ2v) is 7.25. The van der Waals surface area contributed by atoms with Crippen LogP contribution in [0.4, 0.5) is 11.4 Å². The van der Waals surface area contributed by atoms with Crippen molar-refractivity contribution in [2.24, 2.45) is 5.73 Å². The number of hydrogen-bond donors (Lipinski definition) is 1. The van der Waals surface area contributed by atoms with Crippen LogP contribution in [-0.2, 0) is 14.8 Å². The number of aryl methyl sites for hydroxylation is 1. The molecule has 0 aliphatic rings. The number of nitrogens with zero attached hydrogens (tertiary/aromatic N) is 2. The van der Waals surface area contributed by atoms with E-state index in [0.717, 1.165) is 22.0 Å². The lowest BCUT2D eigenvalue weighted by Crippen LogP contribution is -2.39. The molecule has 9 heteroatoms. The summed E-state index contributed by atoms with van der Waals surface area (Å²) in [6, 6.07) is 9.93. The smallest absolute Gasteiger partial charge is 0.289 e. The van der Waals surface area contributed by atoms with E-state index in [0.29, 0.717) is 5.56 Å². The van der Waals surface area contributed by atoms with Gasteiger partial charge in [0.25, 0.3) is 15.7 Å². The Labute approximate surface area is 145 Å². The van der Waals surface area contributed by atoms with Crippen molar-refractivity contribution in [3.63, 3.8) is 0 Å². The number of hydrogen-bond acceptors (Lipinski definition) is 5. The minimum atomic E-state index is -4.37. The summed E-state index contributed by atoms with van der Waals surface area (Å²) in [5.41, 5.74) is 6.33. The number of carbonyl (C=O) groups is 1. The van der Waals surface area contributed by atoms with Gasteiger partial charge in [-0.05, 0) is 37.1 Å². The third-order valence-electron chi connectivity index (χ3n) is 3.77. The summed E-state index contributed by atoms with van der Waals surface area (Å²) in [7, 11) is -4.37. The maximum atomic E-state index is 13.1. The summed E-state index contributed by atoms with van der Waals surface area (Å²) in [4.78, 5) is 21.4. The second kappa shape index (κ2) is 6.89. The van der Waals surface area contributed by atoms with Crippen LogP contribution >= 0.6 is 0 Å². The lowest BCUT2D eigenvalue weighted by molar-refractivity contribution is -0.387. The zero-order valence-corrected chi connectivity index (χ0v) is 14.5. The highest BCUT2D eigenvalue weighted by atomic mass is 32.2. The van der Waals surface area contributed by atoms with E-state index in [-0.39, 0.29) is 5.69 Å². The first-order chi connectivity index (χ1) is 11.7. The van der Waals surface area contributed by atoms with Gasteiger partial charge in [-0.25, -0.2) is 8.42 Å². The normalized spacial score (nSPS) is 11.1. The molecule has 2 rings (SSSR count). The van der Waals surface area contributed by atoms with Crippen LogP contribution in [0.2, 0.25) is 0 Å². The van der Waals surface area contributed by atoms with E-state index in [1.54, 1.807) is 26.0 Å². The van der Waals surface area contributed by atoms with Gasteiger partial charge >= 0.3 is 0 Å². The fourth-order valence-electron chi connectivity index (χ4n) is 2.39. The Hall–Kier alpha value is -2.94. The van der Waals surface area contributed by atoms with Gasteiger partial charge in [-0.15, -0.1) is 0 Å². The number of carbonyl (C=O) groups excluding carboxylic acids is 1. The molecule has 0 heterocycles. The van der Waals surface area contributed by atoms with Crippen molar-refractivity contribution in [1.29, 1.82) is 0 Å². The van der Waals surface area contributed by atoms with Gasteiger partial charge in [0.05, 0.1) is 10.6 Å². The number of primary amides is 1. The molecule has 25 heavy (non-hydrogen) atoms. The third kappa shape index (κ3) is 3.61. The number of benzene rings is 2. The highest BCUT2D eigenvalue weighted by Gasteiger charge is 2.33. The van der Waals surface area contributed by atoms with Crippen LogP contribution in [0, 0.1) is 24.0 Å². The molecule has 0 saturated heterocycles. The lowest BCUT2D eigenvalue weighted by Gasteiger charge is -2.25. The first-order valence-electron chi connectivity index (χ1n) is 7.27. The summed E-state index contributed by atoms with van der Waals surface area (Å²) in [6.45, 7) is 2.87. The Morgan fingerprint density at radius 3 is 2.40 bits per heavy atom. The van der Waals surface area contributed by atoms with Gasteiger partial charge in [0.15, 0.2) is 4.90 Å². The molecule has 0 atom stereocenters. The van der Waals surface area contributed by atoms with E-state index >= 15 is 0 Å². The molecule has 0 bridgehead atoms. The van der Waals surface area contributed by atoms with Gasteiger partial charge in [-0.3, -0.25) is 19.2 Å². The number of nitrogens with two attached hydrogens (primary N) is 1. The van der Waals surface area contributed by atoms with Crippen LogP contribution in [0.3, 0.4) is 0 Å². The monoisotopic (exact) mass is 363 g/mol. The Balaban J connectivity index is 2.72. The molecule has 0 radical (unpaired) electrons. The highest BCUT2D eigenvalue weighted by Crippen LogP contribution is 2.32. The Morgan fingerprint density at radius 1 is 1.16 bits per heavy atom. The van der Waals surface area contributed by atoms with Crippen LogP contribution < -0.4 is 10.0 Å². The van der Waals surface area contributed by atoms with E-state index in [4.69, 9.17) is 5.73 Å². The van der Waals surface area contributed by atoms with Crippen LogP contribution in [0.15, 0.2) is 47.4 Å². The Kier molecular flexibility index (Phi) is 5.07. The quantitative estimate of drug-likeness (QED) is 0.620. The molecule has 0 aliphatic heterocycles. The molecule has 2 N–H and O–H groups in total. The highest BCUT2D eigenvalue weighted by molar-refractivity contribution is 7.93. The largest absolute Gasteiger partial charge is 0.368 e. The van der Waals surface area contributed by atoms with E-state index in [9.17, 15) is 23.3 Å². The van der Waals surface area contributed by atoms with Crippen LogP contribution in [0.1, 0.15) is 11.1 Å². The van der Waals surface area contributed by atoms with Gasteiger partial charge in [0, 0.05) is 6.07 Å². The maximum Gasteiger partial charge on any atom is 0.289 e. The number of anilines is 1. The minimum absolute atomic E-state index is 0.247. The zero-order chi connectivity index (χ0) is 18.8. The molecule has 0 saturated carbocycles. The average Bonchev–Trinajstić information content (AvgIpc) is 2.55. The third-order valence-corrected chi connectivity index (χ3v) is 5.58. The molecular formula is C16H17N3O5S. The molecule has 2 aromatic rings. The molecule has 0 aromatic heterocycles. The van der Waals surface area contributed by atoms with E-state index in [1.165, 1.54) is 18.2 Å². The number of amides is 1. The predicted molar refractivity (Wildman–Crippen MR) is 92.7 cm³/mol. The van der Waals surface area contributed by atoms with Crippen molar-refractivity contribution in [3.05, 3.63) is 63.7 Å². The standard InChI is InChI=1S/C16H17N3O5S/c1-11-6-5-8-13(12(11)2)18(10-16(17)20)25(23,24)15-9-4-3-7-14(15)19(21)22/h3-9H,10H2,1-2H3,(H2,17,20). The SMILES string of the molecule is Cc1cccc(N(CC(N)=O)S(=O)(=O)c2ccccc2[N+](=O)[O-])c1C. The fourth-order valence-corrected chi connectivity index (χ4v) is 4.04. The van der Waals surface area contributed by atoms with Crippen LogP contribution in [0.25, 0.3) is 0 Å². The molecular weight excluding hydrogens is 346 g/mol. The van der Waals surface area contributed by atoms with E-state index < -0.39 is 38.0 Å². The summed E-state index contributed by atoms with van der Waals surface area (Å²) >= 11 is 0. The summed E-state index contributed by atoms with van der Waals surface area (Å²) in [5, 5.41) is 11.2. The summed E-state index contributed by atoms with van der Waals surface area (Å²) < 4.78 is 26.9. The number of nitro benzene ring substituents is 1. The molecule has 0 aliphatic carbocycles. The molecule has 1 amide bonds. The van der Waals surface area contributed by atoms with Crippen molar-refractivity contribution in [2.75, 3.05) is 10.8 Å². The van der Waals surface area contributed by atoms with E-state index in [2.05, 4.69) is 0 Å². The van der Waals surface area contributed by atoms with Crippen molar-refractivity contribution >= 4 is 27.3 Å². The topological polar surface area (TPSA) is 124 Å². The number of sulfonamides is 1. The number of para-hydroxylation sites is 1. The van der Waals surface area contributed by atoms with Crippen LogP contribution in [-0.4, -0.2) is 25.8 Å². The van der Waals surface area contributed by atoms with Crippen molar-refractivity contribution in [3.8, 4) is 0 Å². The first kappa shape index (κ1) is 18.4. The number of nitro groups is 1. The molecule has 132 valence electrons. The van der Waals surface area contributed by atoms with Gasteiger partial charge < -0.3 is 5.73 Å². The lowest BCUT2D eigenvalue weighted by atomic mass is 10.1. The first-order valence-corrected chi connectivity index (χ1v) is 8.71. The maximum absolute atomic E-state index is 13.1. The number of rotatable bonds is 6. The fraction of sp³-hybridized carbons (Fsp3) is 0.188. The molecule has 2 aromatic carbocycles. The zero-order valence-electron chi connectivity index (χ0n) is 13.7. The molecule has 0 unspecified atom stereocenters. The molecule has 8 nitrogen and oxygen atoms in total. The summed E-state index contributed by atoms with van der Waals surface area (Å²) in [5.74, 6) is -0.872.